The average molecular weight is 428 g/mol. The standard InChI is InChI=1S/C24H25N7O/c1-14-9-16(12-29-23(14)25)20-10-21(31-13-30-20)28-11-15(2)17-5-4-6-18-19(24(32)26-3)7-8-27-22(17)18/h4-10,12-13,15H,11H2,1-3H3,(H2,25,29)(H,26,32)(H,28,30,31). The van der Waals surface area contributed by atoms with Crippen LogP contribution in [0.25, 0.3) is 22.2 Å². The van der Waals surface area contributed by atoms with Crippen molar-refractivity contribution >= 4 is 28.4 Å². The SMILES string of the molecule is CNC(=O)c1ccnc2c(C(C)CNc3cc(-c4cnc(N)c(C)c4)ncn3)cccc12. The molecule has 0 spiro atoms. The summed E-state index contributed by atoms with van der Waals surface area (Å²) >= 11 is 0. The minimum Gasteiger partial charge on any atom is -0.383 e. The van der Waals surface area contributed by atoms with Gasteiger partial charge in [0.2, 0.25) is 0 Å². The third-order valence-corrected chi connectivity index (χ3v) is 5.48. The number of hydrogen-bond donors (Lipinski definition) is 3. The first-order valence-corrected chi connectivity index (χ1v) is 10.4. The largest absolute Gasteiger partial charge is 0.383 e. The molecule has 1 atom stereocenters. The number of hydrogen-bond acceptors (Lipinski definition) is 7. The number of carbonyl (C=O) groups excluding carboxylic acids is 1. The van der Waals surface area contributed by atoms with Gasteiger partial charge in [-0.15, -0.1) is 0 Å². The smallest absolute Gasteiger partial charge is 0.251 e. The third-order valence-electron chi connectivity index (χ3n) is 5.48. The fourth-order valence-corrected chi connectivity index (χ4v) is 3.63. The second-order valence-electron chi connectivity index (χ2n) is 7.68. The topological polar surface area (TPSA) is 119 Å². The van der Waals surface area contributed by atoms with Gasteiger partial charge in [-0.2, -0.15) is 0 Å². The first kappa shape index (κ1) is 21.2. The van der Waals surface area contributed by atoms with Gasteiger partial charge in [0, 0.05) is 48.9 Å². The molecule has 0 bridgehead atoms. The van der Waals surface area contributed by atoms with E-state index in [1.807, 2.05) is 37.3 Å². The number of aromatic nitrogens is 4. The maximum Gasteiger partial charge on any atom is 0.251 e. The van der Waals surface area contributed by atoms with Gasteiger partial charge >= 0.3 is 0 Å². The van der Waals surface area contributed by atoms with Crippen LogP contribution in [0.2, 0.25) is 0 Å². The Morgan fingerprint density at radius 2 is 1.97 bits per heavy atom. The maximum atomic E-state index is 12.2. The van der Waals surface area contributed by atoms with Crippen LogP contribution in [0.1, 0.15) is 34.3 Å². The molecule has 0 aliphatic rings. The molecule has 4 rings (SSSR count). The van der Waals surface area contributed by atoms with Crippen molar-refractivity contribution in [2.45, 2.75) is 19.8 Å². The lowest BCUT2D eigenvalue weighted by Gasteiger charge is -2.16. The Hall–Kier alpha value is -4.07. The summed E-state index contributed by atoms with van der Waals surface area (Å²) in [5.74, 6) is 1.24. The quantitative estimate of drug-likeness (QED) is 0.430. The van der Waals surface area contributed by atoms with Crippen molar-refractivity contribution in [1.29, 1.82) is 0 Å². The molecule has 162 valence electrons. The number of para-hydroxylation sites is 1. The molecular weight excluding hydrogens is 402 g/mol. The van der Waals surface area contributed by atoms with Crippen molar-refractivity contribution in [2.24, 2.45) is 0 Å². The average Bonchev–Trinajstić information content (AvgIpc) is 2.83. The van der Waals surface area contributed by atoms with Crippen LogP contribution in [0, 0.1) is 6.92 Å². The molecule has 0 aliphatic carbocycles. The van der Waals surface area contributed by atoms with E-state index >= 15 is 0 Å². The van der Waals surface area contributed by atoms with Crippen molar-refractivity contribution in [2.75, 3.05) is 24.6 Å². The van der Waals surface area contributed by atoms with Crippen molar-refractivity contribution in [3.8, 4) is 11.3 Å². The summed E-state index contributed by atoms with van der Waals surface area (Å²) in [6.45, 7) is 4.67. The van der Waals surface area contributed by atoms with Gasteiger partial charge in [-0.3, -0.25) is 9.78 Å². The normalized spacial score (nSPS) is 11.8. The lowest BCUT2D eigenvalue weighted by molar-refractivity contribution is 0.0964. The number of pyridine rings is 2. The summed E-state index contributed by atoms with van der Waals surface area (Å²) < 4.78 is 0. The highest BCUT2D eigenvalue weighted by atomic mass is 16.1. The van der Waals surface area contributed by atoms with Crippen LogP contribution in [0.5, 0.6) is 0 Å². The molecule has 1 aromatic carbocycles. The number of benzene rings is 1. The summed E-state index contributed by atoms with van der Waals surface area (Å²) in [6, 6.07) is 11.5. The van der Waals surface area contributed by atoms with Gasteiger partial charge in [-0.25, -0.2) is 15.0 Å². The van der Waals surface area contributed by atoms with Crippen molar-refractivity contribution < 1.29 is 4.79 Å². The van der Waals surface area contributed by atoms with E-state index in [0.717, 1.165) is 39.1 Å². The Morgan fingerprint density at radius 3 is 2.75 bits per heavy atom. The Kier molecular flexibility index (Phi) is 5.93. The predicted octanol–water partition coefficient (Wildman–Crippen LogP) is 3.55. The van der Waals surface area contributed by atoms with E-state index in [0.29, 0.717) is 17.9 Å². The third kappa shape index (κ3) is 4.20. The van der Waals surface area contributed by atoms with E-state index in [9.17, 15) is 4.79 Å². The second-order valence-corrected chi connectivity index (χ2v) is 7.68. The Morgan fingerprint density at radius 1 is 1.12 bits per heavy atom. The molecule has 4 N–H and O–H groups in total. The molecule has 32 heavy (non-hydrogen) atoms. The maximum absolute atomic E-state index is 12.2. The van der Waals surface area contributed by atoms with Gasteiger partial charge in [-0.1, -0.05) is 25.1 Å². The summed E-state index contributed by atoms with van der Waals surface area (Å²) in [6.07, 6.45) is 4.92. The minimum absolute atomic E-state index is 0.124. The van der Waals surface area contributed by atoms with Crippen LogP contribution in [0.4, 0.5) is 11.6 Å². The Bertz CT molecular complexity index is 1290. The fourth-order valence-electron chi connectivity index (χ4n) is 3.63. The van der Waals surface area contributed by atoms with E-state index in [2.05, 4.69) is 37.5 Å². The van der Waals surface area contributed by atoms with Gasteiger partial charge in [0.15, 0.2) is 0 Å². The number of nitrogens with two attached hydrogens (primary N) is 1. The summed E-state index contributed by atoms with van der Waals surface area (Å²) in [5.41, 5.74) is 10.9. The highest BCUT2D eigenvalue weighted by molar-refractivity contribution is 6.06. The molecule has 0 saturated heterocycles. The molecule has 4 aromatic rings. The molecule has 1 amide bonds. The molecule has 8 nitrogen and oxygen atoms in total. The first-order chi connectivity index (χ1) is 15.5. The number of fused-ring (bicyclic) bond motifs is 1. The molecular formula is C24H25N7O. The molecule has 3 heterocycles. The zero-order valence-electron chi connectivity index (χ0n) is 18.3. The fraction of sp³-hybridized carbons (Fsp3) is 0.208. The van der Waals surface area contributed by atoms with E-state index in [-0.39, 0.29) is 11.8 Å². The van der Waals surface area contributed by atoms with Crippen LogP contribution in [-0.4, -0.2) is 39.4 Å². The molecule has 0 aliphatic heterocycles. The lowest BCUT2D eigenvalue weighted by Crippen LogP contribution is -2.18. The summed E-state index contributed by atoms with van der Waals surface area (Å²) in [4.78, 5) is 29.7. The number of nitrogens with one attached hydrogen (secondary N) is 2. The van der Waals surface area contributed by atoms with Crippen LogP contribution in [0.15, 0.2) is 55.1 Å². The van der Waals surface area contributed by atoms with E-state index in [4.69, 9.17) is 5.73 Å². The van der Waals surface area contributed by atoms with Crippen molar-refractivity contribution in [3.63, 3.8) is 0 Å². The van der Waals surface area contributed by atoms with Crippen molar-refractivity contribution in [3.05, 3.63) is 71.8 Å². The molecule has 1 unspecified atom stereocenters. The molecule has 3 aromatic heterocycles. The second kappa shape index (κ2) is 8.97. The van der Waals surface area contributed by atoms with Crippen molar-refractivity contribution in [1.82, 2.24) is 25.3 Å². The summed E-state index contributed by atoms with van der Waals surface area (Å²) in [5, 5.41) is 6.92. The number of anilines is 2. The number of nitrogen functional groups attached to an aromatic ring is 1. The summed E-state index contributed by atoms with van der Waals surface area (Å²) in [7, 11) is 1.63. The van der Waals surface area contributed by atoms with Gasteiger partial charge in [0.05, 0.1) is 16.8 Å². The van der Waals surface area contributed by atoms with E-state index in [1.54, 1.807) is 25.5 Å². The van der Waals surface area contributed by atoms with E-state index in [1.165, 1.54) is 6.33 Å². The number of carbonyl (C=O) groups is 1. The zero-order valence-corrected chi connectivity index (χ0v) is 18.3. The number of rotatable bonds is 6. The van der Waals surface area contributed by atoms with Gasteiger partial charge in [0.1, 0.15) is 18.0 Å². The van der Waals surface area contributed by atoms with Crippen LogP contribution >= 0.6 is 0 Å². The Labute approximate surface area is 186 Å². The monoisotopic (exact) mass is 427 g/mol. The van der Waals surface area contributed by atoms with Gasteiger partial charge in [0.25, 0.3) is 5.91 Å². The minimum atomic E-state index is -0.124. The number of amides is 1. The Balaban J connectivity index is 1.56. The number of nitrogens with zero attached hydrogens (tertiary/aromatic N) is 4. The zero-order chi connectivity index (χ0) is 22.7. The molecule has 0 fully saturated rings. The first-order valence-electron chi connectivity index (χ1n) is 10.4. The van der Waals surface area contributed by atoms with Crippen LogP contribution < -0.4 is 16.4 Å². The molecule has 8 heteroatoms. The van der Waals surface area contributed by atoms with Crippen LogP contribution in [0.3, 0.4) is 0 Å². The van der Waals surface area contributed by atoms with Crippen LogP contribution in [-0.2, 0) is 0 Å². The number of aryl methyl sites for hydroxylation is 1. The predicted molar refractivity (Wildman–Crippen MR) is 126 cm³/mol. The van der Waals surface area contributed by atoms with Gasteiger partial charge in [-0.05, 0) is 30.2 Å². The molecule has 0 saturated carbocycles. The highest BCUT2D eigenvalue weighted by Crippen LogP contribution is 2.27. The van der Waals surface area contributed by atoms with Gasteiger partial charge < -0.3 is 16.4 Å². The molecule has 0 radical (unpaired) electrons. The lowest BCUT2D eigenvalue weighted by atomic mass is 9.96. The van der Waals surface area contributed by atoms with E-state index < -0.39 is 0 Å². The highest BCUT2D eigenvalue weighted by Gasteiger charge is 2.15.